The normalized spacial score (nSPS) is 22.9. The van der Waals surface area contributed by atoms with Gasteiger partial charge in [-0.3, -0.25) is 15.4 Å². The van der Waals surface area contributed by atoms with E-state index < -0.39 is 0 Å². The van der Waals surface area contributed by atoms with Crippen molar-refractivity contribution in [2.75, 3.05) is 6.54 Å². The number of carbonyl (C=O) groups is 1. The zero-order valence-electron chi connectivity index (χ0n) is 4.22. The first-order valence-corrected chi connectivity index (χ1v) is 2.30. The van der Waals surface area contributed by atoms with Gasteiger partial charge in [0, 0.05) is 6.42 Å². The summed E-state index contributed by atoms with van der Waals surface area (Å²) in [6.07, 6.45) is 0.337. The van der Waals surface area contributed by atoms with Crippen LogP contribution in [0.4, 0.5) is 0 Å². The SMILES string of the molecule is O=C1CCN(O)NN1. The van der Waals surface area contributed by atoms with Crippen molar-refractivity contribution in [3.05, 3.63) is 0 Å². The summed E-state index contributed by atoms with van der Waals surface area (Å²) in [5.74, 6) is -0.102. The number of rotatable bonds is 0. The van der Waals surface area contributed by atoms with Gasteiger partial charge in [-0.15, -0.1) is 10.7 Å². The van der Waals surface area contributed by atoms with E-state index in [1.54, 1.807) is 0 Å². The van der Waals surface area contributed by atoms with Crippen molar-refractivity contribution in [2.45, 2.75) is 6.42 Å². The third kappa shape index (κ3) is 1.16. The van der Waals surface area contributed by atoms with Crippen LogP contribution in [0.3, 0.4) is 0 Å². The molecule has 0 aliphatic carbocycles. The molecule has 0 saturated carbocycles. The van der Waals surface area contributed by atoms with Gasteiger partial charge < -0.3 is 0 Å². The zero-order chi connectivity index (χ0) is 5.98. The molecule has 0 aromatic carbocycles. The average molecular weight is 117 g/mol. The van der Waals surface area contributed by atoms with Crippen LogP contribution >= 0.6 is 0 Å². The molecular formula is C3H7N3O2. The molecule has 0 atom stereocenters. The van der Waals surface area contributed by atoms with Crippen LogP contribution in [0.15, 0.2) is 0 Å². The molecular weight excluding hydrogens is 110 g/mol. The number of amides is 1. The highest BCUT2D eigenvalue weighted by atomic mass is 16.5. The van der Waals surface area contributed by atoms with Crippen LogP contribution in [0, 0.1) is 0 Å². The fraction of sp³-hybridized carbons (Fsp3) is 0.667. The van der Waals surface area contributed by atoms with Gasteiger partial charge in [0.2, 0.25) is 5.91 Å². The van der Waals surface area contributed by atoms with Gasteiger partial charge in [0.05, 0.1) is 6.54 Å². The summed E-state index contributed by atoms with van der Waals surface area (Å²) in [7, 11) is 0. The third-order valence-corrected chi connectivity index (χ3v) is 0.875. The Morgan fingerprint density at radius 2 is 2.50 bits per heavy atom. The third-order valence-electron chi connectivity index (χ3n) is 0.875. The second-order valence-electron chi connectivity index (χ2n) is 1.53. The van der Waals surface area contributed by atoms with E-state index >= 15 is 0 Å². The highest BCUT2D eigenvalue weighted by Crippen LogP contribution is 1.85. The summed E-state index contributed by atoms with van der Waals surface area (Å²) in [6, 6.07) is 0. The number of hydrogen-bond donors (Lipinski definition) is 3. The second kappa shape index (κ2) is 2.08. The van der Waals surface area contributed by atoms with Gasteiger partial charge >= 0.3 is 0 Å². The lowest BCUT2D eigenvalue weighted by molar-refractivity contribution is -0.174. The summed E-state index contributed by atoms with van der Waals surface area (Å²) in [5, 5.41) is 9.36. The minimum atomic E-state index is -0.102. The summed E-state index contributed by atoms with van der Waals surface area (Å²) < 4.78 is 0. The lowest BCUT2D eigenvalue weighted by atomic mass is 10.4. The minimum absolute atomic E-state index is 0.102. The molecule has 0 aromatic rings. The topological polar surface area (TPSA) is 64.6 Å². The van der Waals surface area contributed by atoms with Gasteiger partial charge in [0.25, 0.3) is 0 Å². The van der Waals surface area contributed by atoms with E-state index in [4.69, 9.17) is 5.21 Å². The summed E-state index contributed by atoms with van der Waals surface area (Å²) in [6.45, 7) is 0.339. The lowest BCUT2D eigenvalue weighted by Gasteiger charge is -2.20. The fourth-order valence-corrected chi connectivity index (χ4v) is 0.453. The molecule has 3 N–H and O–H groups in total. The largest absolute Gasteiger partial charge is 0.298 e. The molecule has 1 aliphatic rings. The first-order valence-electron chi connectivity index (χ1n) is 2.30. The molecule has 0 bridgehead atoms. The smallest absolute Gasteiger partial charge is 0.236 e. The molecule has 1 fully saturated rings. The first-order chi connectivity index (χ1) is 3.79. The number of hydroxylamine groups is 1. The summed E-state index contributed by atoms with van der Waals surface area (Å²) in [4.78, 5) is 10.3. The Morgan fingerprint density at radius 3 is 2.88 bits per heavy atom. The molecule has 8 heavy (non-hydrogen) atoms. The highest BCUT2D eigenvalue weighted by Gasteiger charge is 2.10. The van der Waals surface area contributed by atoms with Crippen LogP contribution in [0.1, 0.15) is 6.42 Å². The maximum atomic E-state index is 10.3. The van der Waals surface area contributed by atoms with E-state index in [2.05, 4.69) is 11.0 Å². The highest BCUT2D eigenvalue weighted by molar-refractivity contribution is 5.75. The van der Waals surface area contributed by atoms with E-state index in [0.717, 1.165) is 5.17 Å². The molecule has 0 aromatic heterocycles. The van der Waals surface area contributed by atoms with Crippen LogP contribution in [-0.2, 0) is 4.79 Å². The minimum Gasteiger partial charge on any atom is -0.298 e. The molecule has 1 saturated heterocycles. The van der Waals surface area contributed by atoms with Crippen molar-refractivity contribution in [2.24, 2.45) is 0 Å². The van der Waals surface area contributed by atoms with Gasteiger partial charge in [-0.05, 0) is 0 Å². The lowest BCUT2D eigenvalue weighted by Crippen LogP contribution is -2.53. The Labute approximate surface area is 46.2 Å². The standard InChI is InChI=1S/C3H7N3O2/c7-3-1-2-6(8)5-4-3/h5,8H,1-2H2,(H,4,7). The van der Waals surface area contributed by atoms with Crippen molar-refractivity contribution in [1.29, 1.82) is 0 Å². The molecule has 1 aliphatic heterocycles. The summed E-state index contributed by atoms with van der Waals surface area (Å²) in [5.41, 5.74) is 4.44. The zero-order valence-corrected chi connectivity index (χ0v) is 4.22. The molecule has 0 spiro atoms. The van der Waals surface area contributed by atoms with Gasteiger partial charge in [0.1, 0.15) is 0 Å². The Hall–Kier alpha value is -0.650. The summed E-state index contributed by atoms with van der Waals surface area (Å²) >= 11 is 0. The Bertz CT molecular complexity index is 94.7. The van der Waals surface area contributed by atoms with Gasteiger partial charge in [-0.25, -0.2) is 0 Å². The molecule has 46 valence electrons. The van der Waals surface area contributed by atoms with Gasteiger partial charge in [-0.2, -0.15) is 0 Å². The van der Waals surface area contributed by atoms with E-state index in [0.29, 0.717) is 13.0 Å². The number of nitrogens with zero attached hydrogens (tertiary/aromatic N) is 1. The predicted molar refractivity (Wildman–Crippen MR) is 24.4 cm³/mol. The molecule has 0 radical (unpaired) electrons. The van der Waals surface area contributed by atoms with E-state index in [-0.39, 0.29) is 5.91 Å². The van der Waals surface area contributed by atoms with Crippen molar-refractivity contribution in [3.8, 4) is 0 Å². The second-order valence-corrected chi connectivity index (χ2v) is 1.53. The van der Waals surface area contributed by atoms with E-state index in [1.807, 2.05) is 0 Å². The molecule has 5 heteroatoms. The number of hydrogen-bond acceptors (Lipinski definition) is 4. The van der Waals surface area contributed by atoms with E-state index in [1.165, 1.54) is 0 Å². The fourth-order valence-electron chi connectivity index (χ4n) is 0.453. The van der Waals surface area contributed by atoms with E-state index in [9.17, 15) is 4.79 Å². The van der Waals surface area contributed by atoms with Gasteiger partial charge in [0.15, 0.2) is 0 Å². The Morgan fingerprint density at radius 1 is 1.75 bits per heavy atom. The Balaban J connectivity index is 2.29. The van der Waals surface area contributed by atoms with Crippen molar-refractivity contribution < 1.29 is 10.0 Å². The van der Waals surface area contributed by atoms with Crippen molar-refractivity contribution >= 4 is 5.91 Å². The van der Waals surface area contributed by atoms with Crippen LogP contribution < -0.4 is 11.0 Å². The monoisotopic (exact) mass is 117 g/mol. The molecule has 5 nitrogen and oxygen atoms in total. The maximum Gasteiger partial charge on any atom is 0.236 e. The average Bonchev–Trinajstić information content (AvgIpc) is 1.77. The van der Waals surface area contributed by atoms with Crippen LogP contribution in [0.2, 0.25) is 0 Å². The molecule has 1 rings (SSSR count). The van der Waals surface area contributed by atoms with Crippen molar-refractivity contribution in [3.63, 3.8) is 0 Å². The van der Waals surface area contributed by atoms with Crippen LogP contribution in [-0.4, -0.2) is 22.8 Å². The number of hydrazine groups is 2. The maximum absolute atomic E-state index is 10.3. The van der Waals surface area contributed by atoms with Crippen LogP contribution in [0.25, 0.3) is 0 Å². The van der Waals surface area contributed by atoms with Crippen LogP contribution in [0.5, 0.6) is 0 Å². The Kier molecular flexibility index (Phi) is 1.43. The van der Waals surface area contributed by atoms with Gasteiger partial charge in [-0.1, -0.05) is 0 Å². The van der Waals surface area contributed by atoms with Crippen molar-refractivity contribution in [1.82, 2.24) is 16.1 Å². The first kappa shape index (κ1) is 5.49. The quantitative estimate of drug-likeness (QED) is 0.366. The number of nitrogens with one attached hydrogen (secondary N) is 2. The molecule has 1 amide bonds. The number of carbonyl (C=O) groups excluding carboxylic acids is 1. The molecule has 1 heterocycles. The molecule has 0 unspecified atom stereocenters. The predicted octanol–water partition coefficient (Wildman–Crippen LogP) is -1.38.